The second-order valence-corrected chi connectivity index (χ2v) is 7.65. The fraction of sp³-hybridized carbons (Fsp3) is 0.700. The van der Waals surface area contributed by atoms with Crippen LogP contribution in [0.1, 0.15) is 45.2 Å². The summed E-state index contributed by atoms with van der Waals surface area (Å²) >= 11 is 0. The highest BCUT2D eigenvalue weighted by Crippen LogP contribution is 2.18. The van der Waals surface area contributed by atoms with Gasteiger partial charge in [0.05, 0.1) is 0 Å². The van der Waals surface area contributed by atoms with Gasteiger partial charge in [-0.3, -0.25) is 9.80 Å². The van der Waals surface area contributed by atoms with E-state index in [9.17, 15) is 5.11 Å². The number of piperazine rings is 1. The maximum absolute atomic E-state index is 9.35. The fourth-order valence-electron chi connectivity index (χ4n) is 3.67. The van der Waals surface area contributed by atoms with Crippen LogP contribution >= 0.6 is 0 Å². The Hall–Kier alpha value is -0.900. The van der Waals surface area contributed by atoms with E-state index >= 15 is 0 Å². The molecule has 1 aromatic carbocycles. The Morgan fingerprint density at radius 2 is 1.70 bits per heavy atom. The van der Waals surface area contributed by atoms with Crippen LogP contribution in [0.15, 0.2) is 24.3 Å². The Labute approximate surface area is 142 Å². The minimum absolute atomic E-state index is 0.283. The van der Waals surface area contributed by atoms with Gasteiger partial charge in [-0.2, -0.15) is 0 Å². The molecule has 3 nitrogen and oxygen atoms in total. The van der Waals surface area contributed by atoms with Gasteiger partial charge in [0.1, 0.15) is 0 Å². The summed E-state index contributed by atoms with van der Waals surface area (Å²) in [6.07, 6.45) is 2.04. The topological polar surface area (TPSA) is 26.7 Å². The predicted octanol–water partition coefficient (Wildman–Crippen LogP) is 3.16. The summed E-state index contributed by atoms with van der Waals surface area (Å²) in [5.41, 5.74) is 2.84. The lowest BCUT2D eigenvalue weighted by atomic mass is 10.0. The lowest BCUT2D eigenvalue weighted by Crippen LogP contribution is -2.55. The van der Waals surface area contributed by atoms with Crippen molar-refractivity contribution in [3.63, 3.8) is 0 Å². The first-order chi connectivity index (χ1) is 11.0. The molecule has 0 saturated carbocycles. The third-order valence-corrected chi connectivity index (χ3v) is 4.81. The van der Waals surface area contributed by atoms with E-state index in [1.54, 1.807) is 0 Å². The largest absolute Gasteiger partial charge is 0.396 e. The minimum atomic E-state index is 0.283. The molecule has 0 amide bonds. The maximum Gasteiger partial charge on any atom is 0.0446 e. The van der Waals surface area contributed by atoms with Crippen molar-refractivity contribution >= 4 is 0 Å². The van der Waals surface area contributed by atoms with Crippen molar-refractivity contribution in [3.05, 3.63) is 35.4 Å². The third kappa shape index (κ3) is 5.59. The van der Waals surface area contributed by atoms with Crippen LogP contribution < -0.4 is 0 Å². The Morgan fingerprint density at radius 3 is 2.26 bits per heavy atom. The molecule has 1 saturated heterocycles. The second-order valence-electron chi connectivity index (χ2n) is 7.65. The van der Waals surface area contributed by atoms with Gasteiger partial charge in [-0.25, -0.2) is 0 Å². The van der Waals surface area contributed by atoms with Crippen molar-refractivity contribution in [1.29, 1.82) is 0 Å². The Bertz CT molecular complexity index is 455. The molecule has 1 N–H and O–H groups in total. The molecule has 3 heteroatoms. The molecule has 1 fully saturated rings. The van der Waals surface area contributed by atoms with Crippen molar-refractivity contribution in [1.82, 2.24) is 9.80 Å². The highest BCUT2D eigenvalue weighted by atomic mass is 16.3. The number of rotatable bonds is 7. The Kier molecular flexibility index (Phi) is 7.07. The smallest absolute Gasteiger partial charge is 0.0446 e. The van der Waals surface area contributed by atoms with Crippen LogP contribution in [0.2, 0.25) is 0 Å². The van der Waals surface area contributed by atoms with Gasteiger partial charge in [-0.1, -0.05) is 38.1 Å². The van der Waals surface area contributed by atoms with Gasteiger partial charge >= 0.3 is 0 Å². The van der Waals surface area contributed by atoms with Gasteiger partial charge in [0.2, 0.25) is 0 Å². The first-order valence-corrected chi connectivity index (χ1v) is 9.16. The molecule has 1 aliphatic rings. The van der Waals surface area contributed by atoms with Gasteiger partial charge in [-0.05, 0) is 43.7 Å². The van der Waals surface area contributed by atoms with E-state index in [-0.39, 0.29) is 6.61 Å². The average Bonchev–Trinajstić information content (AvgIpc) is 2.49. The van der Waals surface area contributed by atoms with Crippen molar-refractivity contribution in [2.24, 2.45) is 5.92 Å². The molecule has 1 aromatic rings. The number of hydrogen-bond donors (Lipinski definition) is 1. The maximum atomic E-state index is 9.35. The Balaban J connectivity index is 1.92. The van der Waals surface area contributed by atoms with Crippen molar-refractivity contribution in [3.8, 4) is 0 Å². The third-order valence-electron chi connectivity index (χ3n) is 4.81. The minimum Gasteiger partial charge on any atom is -0.396 e. The molecular formula is C20H34N2O. The predicted molar refractivity (Wildman–Crippen MR) is 97.6 cm³/mol. The number of nitrogens with zero attached hydrogens (tertiary/aromatic N) is 2. The molecule has 1 unspecified atom stereocenters. The highest BCUT2D eigenvalue weighted by molar-refractivity contribution is 5.23. The van der Waals surface area contributed by atoms with Crippen LogP contribution in [0.25, 0.3) is 0 Å². The summed E-state index contributed by atoms with van der Waals surface area (Å²) in [5.74, 6) is 0.712. The highest BCUT2D eigenvalue weighted by Gasteiger charge is 2.28. The van der Waals surface area contributed by atoms with Crippen molar-refractivity contribution in [2.45, 2.75) is 59.2 Å². The van der Waals surface area contributed by atoms with E-state index in [4.69, 9.17) is 0 Å². The standard InChI is InChI=1S/C20H34N2O/c1-16(2)13-18-5-7-19(8-6-18)14-21-10-11-22(17(3)4)20(15-21)9-12-23/h5-8,16-17,20,23H,9-15H2,1-4H3. The van der Waals surface area contributed by atoms with Gasteiger partial charge in [0.25, 0.3) is 0 Å². The van der Waals surface area contributed by atoms with Crippen LogP contribution in [0.5, 0.6) is 0 Å². The van der Waals surface area contributed by atoms with E-state index < -0.39 is 0 Å². The van der Waals surface area contributed by atoms with Crippen LogP contribution in [-0.2, 0) is 13.0 Å². The van der Waals surface area contributed by atoms with Crippen LogP contribution in [0.4, 0.5) is 0 Å². The normalized spacial score (nSPS) is 20.6. The van der Waals surface area contributed by atoms with Gasteiger partial charge in [0, 0.05) is 44.9 Å². The van der Waals surface area contributed by atoms with Gasteiger partial charge in [-0.15, -0.1) is 0 Å². The molecule has 0 radical (unpaired) electrons. The van der Waals surface area contributed by atoms with Crippen molar-refractivity contribution in [2.75, 3.05) is 26.2 Å². The molecule has 0 bridgehead atoms. The first kappa shape index (κ1) is 18.4. The first-order valence-electron chi connectivity index (χ1n) is 9.16. The summed E-state index contributed by atoms with van der Waals surface area (Å²) in [6.45, 7) is 13.6. The van der Waals surface area contributed by atoms with Gasteiger partial charge < -0.3 is 5.11 Å². The van der Waals surface area contributed by atoms with Gasteiger partial charge in [0.15, 0.2) is 0 Å². The van der Waals surface area contributed by atoms with Crippen molar-refractivity contribution < 1.29 is 5.11 Å². The van der Waals surface area contributed by atoms with Crippen LogP contribution in [0.3, 0.4) is 0 Å². The lowest BCUT2D eigenvalue weighted by molar-refractivity contribution is 0.0349. The fourth-order valence-corrected chi connectivity index (χ4v) is 3.67. The molecule has 23 heavy (non-hydrogen) atoms. The number of hydrogen-bond acceptors (Lipinski definition) is 3. The average molecular weight is 319 g/mol. The molecule has 0 aromatic heterocycles. The molecule has 130 valence electrons. The van der Waals surface area contributed by atoms with E-state index in [0.29, 0.717) is 18.0 Å². The summed E-state index contributed by atoms with van der Waals surface area (Å²) in [4.78, 5) is 5.08. The monoisotopic (exact) mass is 318 g/mol. The zero-order chi connectivity index (χ0) is 16.8. The van der Waals surface area contributed by atoms with E-state index in [0.717, 1.165) is 39.0 Å². The molecular weight excluding hydrogens is 284 g/mol. The number of aliphatic hydroxyl groups is 1. The zero-order valence-electron chi connectivity index (χ0n) is 15.3. The molecule has 0 aliphatic carbocycles. The SMILES string of the molecule is CC(C)Cc1ccc(CN2CCN(C(C)C)C(CCO)C2)cc1. The van der Waals surface area contributed by atoms with E-state index in [1.165, 1.54) is 11.1 Å². The number of aliphatic hydroxyl groups excluding tert-OH is 1. The van der Waals surface area contributed by atoms with Crippen LogP contribution in [-0.4, -0.2) is 53.2 Å². The van der Waals surface area contributed by atoms with E-state index in [1.807, 2.05) is 0 Å². The number of benzene rings is 1. The molecule has 1 aliphatic heterocycles. The van der Waals surface area contributed by atoms with Crippen LogP contribution in [0, 0.1) is 5.92 Å². The quantitative estimate of drug-likeness (QED) is 0.836. The molecule has 1 heterocycles. The lowest BCUT2D eigenvalue weighted by Gasteiger charge is -2.43. The van der Waals surface area contributed by atoms with E-state index in [2.05, 4.69) is 61.8 Å². The summed E-state index contributed by atoms with van der Waals surface area (Å²) in [7, 11) is 0. The molecule has 2 rings (SSSR count). The summed E-state index contributed by atoms with van der Waals surface area (Å²) in [5, 5.41) is 9.35. The molecule has 1 atom stereocenters. The summed E-state index contributed by atoms with van der Waals surface area (Å²) in [6, 6.07) is 10.2. The zero-order valence-corrected chi connectivity index (χ0v) is 15.3. The second kappa shape index (κ2) is 8.81. The molecule has 0 spiro atoms. The summed E-state index contributed by atoms with van der Waals surface area (Å²) < 4.78 is 0. The Morgan fingerprint density at radius 1 is 1.04 bits per heavy atom.